The van der Waals surface area contributed by atoms with Crippen LogP contribution in [0.2, 0.25) is 0 Å². The number of aryl methyl sites for hydroxylation is 3. The van der Waals surface area contributed by atoms with Gasteiger partial charge in [-0.1, -0.05) is 6.07 Å². The molecule has 0 radical (unpaired) electrons. The van der Waals surface area contributed by atoms with Crippen LogP contribution in [0.3, 0.4) is 0 Å². The minimum absolute atomic E-state index is 0.00181. The maximum atomic E-state index is 13.3. The average molecular weight is 501 g/mol. The van der Waals surface area contributed by atoms with E-state index in [4.69, 9.17) is 0 Å². The lowest BCUT2D eigenvalue weighted by Crippen LogP contribution is -2.49. The first-order chi connectivity index (χ1) is 17.6. The molecule has 4 aromatic heterocycles. The monoisotopic (exact) mass is 500 g/mol. The van der Waals surface area contributed by atoms with Gasteiger partial charge in [0.2, 0.25) is 5.91 Å². The van der Waals surface area contributed by atoms with Crippen molar-refractivity contribution in [3.8, 4) is 5.82 Å². The molecule has 0 aliphatic heterocycles. The second kappa shape index (κ2) is 9.44. The molecule has 0 unspecified atom stereocenters. The standard InChI is InChI=1S/C27H32N8O2/c1-16-8-22(30-23(9-16)31-24-10-18(3)32-33-24)27(37)11-21(12-27)26(36)34(5)19(4)20-6-7-25(28-14-20)35-15-17(2)13-29-35/h6-10,13-15,19,21,37H,11-12H2,1-5H3,(H2,30,31,32,33)/t19-,21?,27?/m0/s1. The van der Waals surface area contributed by atoms with Crippen molar-refractivity contribution in [2.45, 2.75) is 52.2 Å². The molecule has 0 bridgehead atoms. The molecular formula is C27H32N8O2. The van der Waals surface area contributed by atoms with Crippen LogP contribution in [0.25, 0.3) is 5.82 Å². The Hall–Kier alpha value is -4.05. The van der Waals surface area contributed by atoms with Crippen LogP contribution >= 0.6 is 0 Å². The average Bonchev–Trinajstić information content (AvgIpc) is 3.48. The molecule has 3 N–H and O–H groups in total. The first-order valence-electron chi connectivity index (χ1n) is 12.4. The maximum absolute atomic E-state index is 13.3. The lowest BCUT2D eigenvalue weighted by molar-refractivity contribution is -0.154. The number of rotatable bonds is 7. The molecule has 5 rings (SSSR count). The van der Waals surface area contributed by atoms with Crippen LogP contribution < -0.4 is 5.32 Å². The smallest absolute Gasteiger partial charge is 0.226 e. The van der Waals surface area contributed by atoms with E-state index in [1.165, 1.54) is 0 Å². The number of nitrogens with one attached hydrogen (secondary N) is 2. The molecule has 1 aliphatic carbocycles. The number of amides is 1. The Morgan fingerprint density at radius 2 is 1.95 bits per heavy atom. The lowest BCUT2D eigenvalue weighted by atomic mass is 9.68. The Balaban J connectivity index is 1.23. The number of aromatic nitrogens is 6. The summed E-state index contributed by atoms with van der Waals surface area (Å²) in [6.07, 6.45) is 6.14. The first-order valence-corrected chi connectivity index (χ1v) is 12.4. The number of anilines is 2. The van der Waals surface area contributed by atoms with E-state index < -0.39 is 5.60 Å². The second-order valence-electron chi connectivity index (χ2n) is 10.2. The highest BCUT2D eigenvalue weighted by Crippen LogP contribution is 2.46. The van der Waals surface area contributed by atoms with Gasteiger partial charge in [0.1, 0.15) is 11.4 Å². The molecule has 10 heteroatoms. The molecule has 0 spiro atoms. The summed E-state index contributed by atoms with van der Waals surface area (Å²) in [5, 5.41) is 25.8. The fourth-order valence-corrected chi connectivity index (χ4v) is 4.74. The van der Waals surface area contributed by atoms with Crippen molar-refractivity contribution in [3.05, 3.63) is 77.0 Å². The minimum Gasteiger partial charge on any atom is -0.384 e. The molecule has 1 atom stereocenters. The molecule has 4 aromatic rings. The van der Waals surface area contributed by atoms with E-state index in [0.29, 0.717) is 30.2 Å². The van der Waals surface area contributed by atoms with Crippen LogP contribution in [0.1, 0.15) is 53.9 Å². The molecule has 0 aromatic carbocycles. The highest BCUT2D eigenvalue weighted by molar-refractivity contribution is 5.80. The van der Waals surface area contributed by atoms with Crippen molar-refractivity contribution in [2.24, 2.45) is 5.92 Å². The van der Waals surface area contributed by atoms with Crippen LogP contribution in [0, 0.1) is 26.7 Å². The minimum atomic E-state index is -1.14. The first kappa shape index (κ1) is 24.6. The molecular weight excluding hydrogens is 468 g/mol. The molecule has 1 aliphatic rings. The summed E-state index contributed by atoms with van der Waals surface area (Å²) in [7, 11) is 1.80. The number of carbonyl (C=O) groups is 1. The van der Waals surface area contributed by atoms with E-state index in [2.05, 4.69) is 30.6 Å². The normalized spacial score (nSPS) is 19.8. The summed E-state index contributed by atoms with van der Waals surface area (Å²) in [6, 6.07) is 9.37. The summed E-state index contributed by atoms with van der Waals surface area (Å²) >= 11 is 0. The molecule has 0 saturated heterocycles. The fourth-order valence-electron chi connectivity index (χ4n) is 4.74. The number of H-pyrrole nitrogens is 1. The molecule has 1 amide bonds. The van der Waals surface area contributed by atoms with Crippen LogP contribution in [-0.2, 0) is 10.4 Å². The van der Waals surface area contributed by atoms with Crippen molar-refractivity contribution in [2.75, 3.05) is 12.4 Å². The largest absolute Gasteiger partial charge is 0.384 e. The van der Waals surface area contributed by atoms with Gasteiger partial charge in [0.15, 0.2) is 11.6 Å². The summed E-state index contributed by atoms with van der Waals surface area (Å²) in [6.45, 7) is 7.84. The third kappa shape index (κ3) is 4.97. The van der Waals surface area contributed by atoms with Crippen LogP contribution in [0.4, 0.5) is 11.6 Å². The van der Waals surface area contributed by atoms with Crippen molar-refractivity contribution in [1.82, 2.24) is 34.8 Å². The highest BCUT2D eigenvalue weighted by atomic mass is 16.3. The number of pyridine rings is 2. The number of carbonyl (C=O) groups excluding carboxylic acids is 1. The Kier molecular flexibility index (Phi) is 6.28. The van der Waals surface area contributed by atoms with Crippen LogP contribution in [-0.4, -0.2) is 52.9 Å². The molecule has 192 valence electrons. The number of nitrogens with zero attached hydrogens (tertiary/aromatic N) is 6. The van der Waals surface area contributed by atoms with Gasteiger partial charge in [-0.3, -0.25) is 9.89 Å². The van der Waals surface area contributed by atoms with Gasteiger partial charge in [0.05, 0.1) is 17.9 Å². The van der Waals surface area contributed by atoms with Gasteiger partial charge in [-0.2, -0.15) is 10.2 Å². The Morgan fingerprint density at radius 1 is 1.16 bits per heavy atom. The van der Waals surface area contributed by atoms with Gasteiger partial charge < -0.3 is 15.3 Å². The summed E-state index contributed by atoms with van der Waals surface area (Å²) in [4.78, 5) is 24.1. The Labute approximate surface area is 215 Å². The zero-order chi connectivity index (χ0) is 26.3. The van der Waals surface area contributed by atoms with E-state index in [0.717, 1.165) is 28.2 Å². The van der Waals surface area contributed by atoms with Gasteiger partial charge in [0.25, 0.3) is 0 Å². The second-order valence-corrected chi connectivity index (χ2v) is 10.2. The number of aliphatic hydroxyl groups is 1. The third-order valence-electron chi connectivity index (χ3n) is 7.05. The maximum Gasteiger partial charge on any atom is 0.226 e. The van der Waals surface area contributed by atoms with Crippen LogP contribution in [0.5, 0.6) is 0 Å². The SMILES string of the molecule is Cc1cc(Nc2cc(C)[nH]n2)nc(C2(O)CC(C(=O)N(C)[C@@H](C)c3ccc(-n4cc(C)cn4)nc3)C2)c1. The van der Waals surface area contributed by atoms with E-state index in [-0.39, 0.29) is 17.9 Å². The van der Waals surface area contributed by atoms with Crippen molar-refractivity contribution in [3.63, 3.8) is 0 Å². The quantitative estimate of drug-likeness (QED) is 0.352. The third-order valence-corrected chi connectivity index (χ3v) is 7.05. The van der Waals surface area contributed by atoms with Crippen LogP contribution in [0.15, 0.2) is 48.9 Å². The zero-order valence-electron chi connectivity index (χ0n) is 21.7. The van der Waals surface area contributed by atoms with Gasteiger partial charge in [-0.05, 0) is 75.4 Å². The lowest BCUT2D eigenvalue weighted by Gasteiger charge is -2.44. The summed E-state index contributed by atoms with van der Waals surface area (Å²) < 4.78 is 1.73. The number of hydrogen-bond acceptors (Lipinski definition) is 7. The summed E-state index contributed by atoms with van der Waals surface area (Å²) in [5.41, 5.74) is 3.33. The van der Waals surface area contributed by atoms with Gasteiger partial charge in [-0.15, -0.1) is 0 Å². The summed E-state index contributed by atoms with van der Waals surface area (Å²) in [5.74, 6) is 1.72. The number of aromatic amines is 1. The molecule has 10 nitrogen and oxygen atoms in total. The molecule has 1 fully saturated rings. The predicted octanol–water partition coefficient (Wildman–Crippen LogP) is 3.87. The van der Waals surface area contributed by atoms with Gasteiger partial charge >= 0.3 is 0 Å². The van der Waals surface area contributed by atoms with E-state index >= 15 is 0 Å². The molecule has 4 heterocycles. The van der Waals surface area contributed by atoms with E-state index in [1.54, 1.807) is 29.0 Å². The molecule has 1 saturated carbocycles. The number of hydrogen-bond donors (Lipinski definition) is 3. The van der Waals surface area contributed by atoms with Gasteiger partial charge in [-0.25, -0.2) is 14.6 Å². The highest BCUT2D eigenvalue weighted by Gasteiger charge is 2.49. The van der Waals surface area contributed by atoms with Crippen molar-refractivity contribution in [1.29, 1.82) is 0 Å². The van der Waals surface area contributed by atoms with Gasteiger partial charge in [0, 0.05) is 37.1 Å². The Morgan fingerprint density at radius 3 is 2.57 bits per heavy atom. The van der Waals surface area contributed by atoms with E-state index in [1.807, 2.05) is 64.2 Å². The fraction of sp³-hybridized carbons (Fsp3) is 0.370. The van der Waals surface area contributed by atoms with Crippen molar-refractivity contribution >= 4 is 17.5 Å². The topological polar surface area (TPSA) is 125 Å². The Bertz CT molecular complexity index is 1420. The van der Waals surface area contributed by atoms with Crippen molar-refractivity contribution < 1.29 is 9.90 Å². The van der Waals surface area contributed by atoms with E-state index in [9.17, 15) is 9.90 Å². The predicted molar refractivity (Wildman–Crippen MR) is 139 cm³/mol. The molecule has 37 heavy (non-hydrogen) atoms. The zero-order valence-corrected chi connectivity index (χ0v) is 21.7.